The number of nitrogens with one attached hydrogen (secondary N) is 2. The second-order valence-corrected chi connectivity index (χ2v) is 11.2. The molecule has 7 nitrogen and oxygen atoms in total. The summed E-state index contributed by atoms with van der Waals surface area (Å²) < 4.78 is 3.04. The summed E-state index contributed by atoms with van der Waals surface area (Å²) in [4.78, 5) is 25.0. The maximum Gasteiger partial charge on any atom is 0.264 e. The summed E-state index contributed by atoms with van der Waals surface area (Å²) in [5.74, 6) is 0.548. The van der Waals surface area contributed by atoms with Crippen LogP contribution >= 0.6 is 11.3 Å². The zero-order valence-corrected chi connectivity index (χ0v) is 20.9. The Bertz CT molecular complexity index is 1350. The van der Waals surface area contributed by atoms with E-state index in [0.717, 1.165) is 71.6 Å². The number of aryl methyl sites for hydroxylation is 1. The molecule has 2 N–H and O–H groups in total. The Hall–Kier alpha value is -2.71. The predicted molar refractivity (Wildman–Crippen MR) is 137 cm³/mol. The number of aromatic amines is 1. The van der Waals surface area contributed by atoms with E-state index >= 15 is 0 Å². The number of piperidine rings is 1. The highest BCUT2D eigenvalue weighted by atomic mass is 32.1. The number of nitrogens with zero attached hydrogens (tertiary/aromatic N) is 4. The quantitative estimate of drug-likeness (QED) is 0.419. The molecule has 2 aliphatic rings. The van der Waals surface area contributed by atoms with E-state index in [2.05, 4.69) is 58.2 Å². The van der Waals surface area contributed by atoms with Gasteiger partial charge in [0.1, 0.15) is 6.33 Å². The van der Waals surface area contributed by atoms with Crippen molar-refractivity contribution in [2.24, 2.45) is 0 Å². The van der Waals surface area contributed by atoms with Crippen molar-refractivity contribution in [3.63, 3.8) is 0 Å². The van der Waals surface area contributed by atoms with E-state index in [9.17, 15) is 4.79 Å². The molecule has 6 rings (SSSR count). The second-order valence-electron chi connectivity index (χ2n) is 10.1. The fraction of sp³-hybridized carbons (Fsp3) is 0.500. The number of fused-ring (bicyclic) bond motifs is 2. The Morgan fingerprint density at radius 1 is 1.18 bits per heavy atom. The minimum atomic E-state index is 0.224. The lowest BCUT2D eigenvalue weighted by molar-refractivity contribution is 0.0388. The van der Waals surface area contributed by atoms with Gasteiger partial charge in [0.2, 0.25) is 0 Å². The van der Waals surface area contributed by atoms with Gasteiger partial charge in [-0.25, -0.2) is 9.50 Å². The van der Waals surface area contributed by atoms with Gasteiger partial charge in [-0.1, -0.05) is 13.8 Å². The normalized spacial score (nSPS) is 17.6. The molecule has 0 bridgehead atoms. The van der Waals surface area contributed by atoms with Gasteiger partial charge in [-0.3, -0.25) is 4.79 Å². The Labute approximate surface area is 203 Å². The lowest BCUT2D eigenvalue weighted by Crippen LogP contribution is -2.53. The Morgan fingerprint density at radius 3 is 2.65 bits per heavy atom. The summed E-state index contributed by atoms with van der Waals surface area (Å²) in [7, 11) is 0. The zero-order valence-electron chi connectivity index (χ0n) is 20.1. The molecule has 0 spiro atoms. The monoisotopic (exact) mass is 476 g/mol. The highest BCUT2D eigenvalue weighted by Crippen LogP contribution is 2.41. The van der Waals surface area contributed by atoms with Crippen molar-refractivity contribution < 1.29 is 4.79 Å². The number of hydrogen-bond donors (Lipinski definition) is 2. The van der Waals surface area contributed by atoms with Crippen LogP contribution in [-0.4, -0.2) is 55.6 Å². The molecule has 5 heterocycles. The average Bonchev–Trinajstić information content (AvgIpc) is 3.50. The number of hydrogen-bond acceptors (Lipinski definition) is 5. The number of aromatic nitrogens is 4. The molecule has 34 heavy (non-hydrogen) atoms. The smallest absolute Gasteiger partial charge is 0.264 e. The Morgan fingerprint density at radius 2 is 1.94 bits per heavy atom. The van der Waals surface area contributed by atoms with Gasteiger partial charge in [0.25, 0.3) is 5.91 Å². The SMILES string of the molecule is Cc1cc(-c2[nH]c3cc(C(=O)N(C4CCC4)C4CCNCC4)sc3c2C(C)C)cn2ncnc12. The minimum absolute atomic E-state index is 0.224. The van der Waals surface area contributed by atoms with E-state index in [4.69, 9.17) is 0 Å². The molecule has 1 saturated heterocycles. The van der Waals surface area contributed by atoms with Crippen molar-refractivity contribution in [2.75, 3.05) is 13.1 Å². The van der Waals surface area contributed by atoms with Crippen molar-refractivity contribution in [1.82, 2.24) is 29.8 Å². The van der Waals surface area contributed by atoms with Crippen LogP contribution in [0.1, 0.15) is 72.7 Å². The first kappa shape index (κ1) is 21.8. The van der Waals surface area contributed by atoms with Crippen molar-refractivity contribution >= 4 is 33.1 Å². The summed E-state index contributed by atoms with van der Waals surface area (Å²) in [6, 6.07) is 5.03. The van der Waals surface area contributed by atoms with Gasteiger partial charge < -0.3 is 15.2 Å². The number of thiophene rings is 1. The van der Waals surface area contributed by atoms with Gasteiger partial charge >= 0.3 is 0 Å². The summed E-state index contributed by atoms with van der Waals surface area (Å²) in [6.07, 6.45) is 9.26. The number of carbonyl (C=O) groups is 1. The Kier molecular flexibility index (Phi) is 5.45. The average molecular weight is 477 g/mol. The van der Waals surface area contributed by atoms with E-state index in [0.29, 0.717) is 18.0 Å². The molecule has 4 aromatic rings. The molecule has 1 aliphatic carbocycles. The molecule has 0 radical (unpaired) electrons. The van der Waals surface area contributed by atoms with Crippen molar-refractivity contribution in [2.45, 2.75) is 70.9 Å². The van der Waals surface area contributed by atoms with Crippen LogP contribution in [0.5, 0.6) is 0 Å². The van der Waals surface area contributed by atoms with Crippen LogP contribution in [-0.2, 0) is 0 Å². The number of rotatable bonds is 5. The van der Waals surface area contributed by atoms with Crippen LogP contribution in [0.25, 0.3) is 27.1 Å². The molecular formula is C26H32N6OS. The van der Waals surface area contributed by atoms with Gasteiger partial charge in [0.05, 0.1) is 20.8 Å². The van der Waals surface area contributed by atoms with Crippen LogP contribution in [0.4, 0.5) is 0 Å². The fourth-order valence-electron chi connectivity index (χ4n) is 5.62. The molecule has 0 unspecified atom stereocenters. The molecular weight excluding hydrogens is 444 g/mol. The first-order chi connectivity index (χ1) is 16.5. The number of amides is 1. The van der Waals surface area contributed by atoms with Crippen molar-refractivity contribution in [1.29, 1.82) is 0 Å². The van der Waals surface area contributed by atoms with Crippen molar-refractivity contribution in [3.8, 4) is 11.3 Å². The van der Waals surface area contributed by atoms with Crippen LogP contribution in [0.3, 0.4) is 0 Å². The fourth-order valence-corrected chi connectivity index (χ4v) is 6.88. The summed E-state index contributed by atoms with van der Waals surface area (Å²) in [6.45, 7) is 8.53. The minimum Gasteiger partial charge on any atom is -0.354 e. The van der Waals surface area contributed by atoms with Gasteiger partial charge in [-0.05, 0) is 81.3 Å². The van der Waals surface area contributed by atoms with E-state index in [-0.39, 0.29) is 5.91 Å². The molecule has 1 saturated carbocycles. The van der Waals surface area contributed by atoms with Crippen molar-refractivity contribution in [3.05, 3.63) is 40.7 Å². The molecule has 178 valence electrons. The molecule has 4 aromatic heterocycles. The van der Waals surface area contributed by atoms with E-state index in [1.165, 1.54) is 16.7 Å². The predicted octanol–water partition coefficient (Wildman–Crippen LogP) is 5.12. The van der Waals surface area contributed by atoms with Crippen LogP contribution in [0, 0.1) is 6.92 Å². The lowest BCUT2D eigenvalue weighted by Gasteiger charge is -2.44. The molecule has 2 fully saturated rings. The molecule has 1 amide bonds. The number of H-pyrrole nitrogens is 1. The topological polar surface area (TPSA) is 78.3 Å². The van der Waals surface area contributed by atoms with Gasteiger partial charge in [0.15, 0.2) is 5.65 Å². The van der Waals surface area contributed by atoms with Crippen LogP contribution in [0.15, 0.2) is 24.7 Å². The number of carbonyl (C=O) groups excluding carboxylic acids is 1. The highest BCUT2D eigenvalue weighted by Gasteiger charge is 2.36. The van der Waals surface area contributed by atoms with Crippen LogP contribution in [0.2, 0.25) is 0 Å². The third kappa shape index (κ3) is 3.55. The third-order valence-electron chi connectivity index (χ3n) is 7.55. The zero-order chi connectivity index (χ0) is 23.4. The number of pyridine rings is 1. The maximum absolute atomic E-state index is 13.8. The van der Waals surface area contributed by atoms with Gasteiger partial charge in [0, 0.05) is 23.8 Å². The standard InChI is InChI=1S/C26H32N6OS/c1-15(2)22-23(17-11-16(3)25-28-14-29-31(25)13-17)30-20-12-21(34-24(20)22)26(33)32(18-5-4-6-18)19-7-9-27-10-8-19/h11-15,18-19,27,30H,4-10H2,1-3H3. The van der Waals surface area contributed by atoms with E-state index in [1.807, 2.05) is 10.7 Å². The van der Waals surface area contributed by atoms with Gasteiger partial charge in [-0.2, -0.15) is 5.10 Å². The lowest BCUT2D eigenvalue weighted by atomic mass is 9.88. The highest BCUT2D eigenvalue weighted by molar-refractivity contribution is 7.21. The molecule has 8 heteroatoms. The first-order valence-corrected chi connectivity index (χ1v) is 13.3. The summed E-state index contributed by atoms with van der Waals surface area (Å²) in [5, 5.41) is 7.80. The van der Waals surface area contributed by atoms with E-state index < -0.39 is 0 Å². The second kappa shape index (κ2) is 8.50. The van der Waals surface area contributed by atoms with Gasteiger partial charge in [-0.15, -0.1) is 11.3 Å². The summed E-state index contributed by atoms with van der Waals surface area (Å²) in [5.41, 5.74) is 6.52. The Balaban J connectivity index is 1.40. The third-order valence-corrected chi connectivity index (χ3v) is 8.70. The molecule has 0 atom stereocenters. The maximum atomic E-state index is 13.8. The molecule has 0 aromatic carbocycles. The van der Waals surface area contributed by atoms with Crippen LogP contribution < -0.4 is 5.32 Å². The summed E-state index contributed by atoms with van der Waals surface area (Å²) >= 11 is 1.66. The largest absolute Gasteiger partial charge is 0.354 e. The molecule has 1 aliphatic heterocycles. The van der Waals surface area contributed by atoms with E-state index in [1.54, 1.807) is 17.7 Å². The first-order valence-electron chi connectivity index (χ1n) is 12.5.